The molecule has 0 unspecified atom stereocenters. The summed E-state index contributed by atoms with van der Waals surface area (Å²) >= 11 is 0. The standard InChI is InChI=1S/C9H13N3O5.3C2H4O2/c10-5-1-2-12(9(16)11-5)8-7(15)6(14)4(13)3-17-8;3*1-2(3)4/h1-2,4,6-8,13-15H,3H2,(H2,10,11,16);3*1H3,(H,3,4)/t4-,6-,7-,8-;;;/m0.../s1. The number of aliphatic hydroxyl groups excluding tert-OH is 3. The second kappa shape index (κ2) is 14.0. The van der Waals surface area contributed by atoms with E-state index in [9.17, 15) is 20.1 Å². The second-order valence-electron chi connectivity index (χ2n) is 5.37. The average Bonchev–Trinajstić information content (AvgIpc) is 2.52. The molecule has 14 heteroatoms. The highest BCUT2D eigenvalue weighted by molar-refractivity contribution is 5.63. The molecule has 0 aromatic carbocycles. The number of nitrogen functional groups attached to an aromatic ring is 1. The number of nitrogens with zero attached hydrogens (tertiary/aromatic N) is 2. The lowest BCUT2D eigenvalue weighted by Gasteiger charge is -2.35. The van der Waals surface area contributed by atoms with E-state index in [-0.39, 0.29) is 12.4 Å². The van der Waals surface area contributed by atoms with Crippen LogP contribution in [0.1, 0.15) is 27.0 Å². The summed E-state index contributed by atoms with van der Waals surface area (Å²) in [6, 6.07) is 1.37. The number of nitrogens with two attached hydrogens (primary N) is 1. The maximum Gasteiger partial charge on any atom is 0.351 e. The van der Waals surface area contributed by atoms with Gasteiger partial charge in [0.1, 0.15) is 24.1 Å². The Labute approximate surface area is 164 Å². The van der Waals surface area contributed by atoms with Crippen LogP contribution in [0.15, 0.2) is 17.1 Å². The molecule has 0 aliphatic carbocycles. The van der Waals surface area contributed by atoms with Crippen LogP contribution in [0.25, 0.3) is 0 Å². The number of carboxylic acid groups (broad SMARTS) is 3. The van der Waals surface area contributed by atoms with Crippen LogP contribution in [0.5, 0.6) is 0 Å². The molecule has 0 bridgehead atoms. The Morgan fingerprint density at radius 1 is 1.03 bits per heavy atom. The lowest BCUT2D eigenvalue weighted by molar-refractivity contribution is -0.212. The summed E-state index contributed by atoms with van der Waals surface area (Å²) < 4.78 is 6.11. The van der Waals surface area contributed by atoms with Crippen LogP contribution in [0.4, 0.5) is 5.82 Å². The Bertz CT molecular complexity index is 681. The summed E-state index contributed by atoms with van der Waals surface area (Å²) in [5.74, 6) is -2.45. The third-order valence-corrected chi connectivity index (χ3v) is 2.60. The Morgan fingerprint density at radius 2 is 1.45 bits per heavy atom. The predicted molar refractivity (Wildman–Crippen MR) is 95.8 cm³/mol. The molecule has 2 heterocycles. The van der Waals surface area contributed by atoms with Gasteiger partial charge in [-0.25, -0.2) is 4.79 Å². The van der Waals surface area contributed by atoms with E-state index >= 15 is 0 Å². The van der Waals surface area contributed by atoms with Gasteiger partial charge in [-0.2, -0.15) is 4.98 Å². The number of carbonyl (C=O) groups is 3. The predicted octanol–water partition coefficient (Wildman–Crippen LogP) is -2.29. The van der Waals surface area contributed by atoms with Gasteiger partial charge >= 0.3 is 5.69 Å². The van der Waals surface area contributed by atoms with Crippen molar-refractivity contribution in [1.82, 2.24) is 9.55 Å². The molecule has 14 nitrogen and oxygen atoms in total. The number of carboxylic acids is 3. The highest BCUT2D eigenvalue weighted by Gasteiger charge is 2.38. The molecule has 1 aromatic heterocycles. The molecule has 2 rings (SSSR count). The van der Waals surface area contributed by atoms with E-state index in [0.29, 0.717) is 0 Å². The molecule has 1 aromatic rings. The molecule has 8 N–H and O–H groups in total. The summed E-state index contributed by atoms with van der Waals surface area (Å²) in [7, 11) is 0. The van der Waals surface area contributed by atoms with Crippen LogP contribution >= 0.6 is 0 Å². The number of aliphatic carboxylic acids is 3. The van der Waals surface area contributed by atoms with Gasteiger partial charge in [0.05, 0.1) is 6.61 Å². The quantitative estimate of drug-likeness (QED) is 0.252. The topological polar surface area (TPSA) is 243 Å². The zero-order valence-electron chi connectivity index (χ0n) is 15.9. The molecule has 0 spiro atoms. The minimum atomic E-state index is -1.41. The van der Waals surface area contributed by atoms with Crippen molar-refractivity contribution in [3.63, 3.8) is 0 Å². The number of aromatic nitrogens is 2. The normalized spacial score (nSPS) is 22.3. The van der Waals surface area contributed by atoms with E-state index in [4.69, 9.17) is 40.2 Å². The molecule has 4 atom stereocenters. The fourth-order valence-electron chi connectivity index (χ4n) is 1.66. The fraction of sp³-hybridized carbons (Fsp3) is 0.533. The van der Waals surface area contributed by atoms with E-state index < -0.39 is 48.1 Å². The third-order valence-electron chi connectivity index (χ3n) is 2.60. The van der Waals surface area contributed by atoms with Gasteiger partial charge in [0.15, 0.2) is 6.23 Å². The Kier molecular flexibility index (Phi) is 13.6. The van der Waals surface area contributed by atoms with Crippen LogP contribution in [-0.4, -0.2) is 83.0 Å². The molecule has 166 valence electrons. The molecule has 0 saturated carbocycles. The Morgan fingerprint density at radius 3 is 1.83 bits per heavy atom. The summed E-state index contributed by atoms with van der Waals surface area (Å²) in [6.45, 7) is 3.07. The molecule has 1 aliphatic heterocycles. The first-order valence-corrected chi connectivity index (χ1v) is 7.79. The van der Waals surface area contributed by atoms with E-state index in [1.807, 2.05) is 0 Å². The van der Waals surface area contributed by atoms with E-state index in [1.54, 1.807) is 0 Å². The van der Waals surface area contributed by atoms with Crippen LogP contribution in [-0.2, 0) is 19.1 Å². The van der Waals surface area contributed by atoms with Crippen LogP contribution < -0.4 is 11.4 Å². The molecule has 29 heavy (non-hydrogen) atoms. The van der Waals surface area contributed by atoms with Crippen molar-refractivity contribution < 1.29 is 49.8 Å². The molecule has 0 radical (unpaired) electrons. The minimum absolute atomic E-state index is 0.0529. The number of rotatable bonds is 1. The first-order chi connectivity index (χ1) is 13.2. The highest BCUT2D eigenvalue weighted by atomic mass is 16.5. The zero-order valence-corrected chi connectivity index (χ0v) is 15.9. The number of hydrogen-bond acceptors (Lipinski definition) is 10. The lowest BCUT2D eigenvalue weighted by atomic mass is 10.0. The third kappa shape index (κ3) is 13.7. The smallest absolute Gasteiger partial charge is 0.351 e. The number of anilines is 1. The zero-order chi connectivity index (χ0) is 23.3. The molecule has 0 amide bonds. The van der Waals surface area contributed by atoms with Gasteiger partial charge in [-0.05, 0) is 6.07 Å². The van der Waals surface area contributed by atoms with Crippen molar-refractivity contribution in [2.24, 2.45) is 0 Å². The first kappa shape index (κ1) is 28.1. The van der Waals surface area contributed by atoms with Gasteiger partial charge in [0.25, 0.3) is 17.9 Å². The number of hydrogen-bond donors (Lipinski definition) is 7. The van der Waals surface area contributed by atoms with E-state index in [2.05, 4.69) is 4.98 Å². The largest absolute Gasteiger partial charge is 0.481 e. The van der Waals surface area contributed by atoms with Gasteiger partial charge in [-0.3, -0.25) is 19.0 Å². The minimum Gasteiger partial charge on any atom is -0.481 e. The summed E-state index contributed by atoms with van der Waals surface area (Å²) in [5.41, 5.74) is 4.63. The summed E-state index contributed by atoms with van der Waals surface area (Å²) in [5, 5.41) is 50.7. The maximum absolute atomic E-state index is 11.5. The van der Waals surface area contributed by atoms with Crippen LogP contribution in [0.2, 0.25) is 0 Å². The monoisotopic (exact) mass is 423 g/mol. The van der Waals surface area contributed by atoms with Crippen molar-refractivity contribution in [3.8, 4) is 0 Å². The van der Waals surface area contributed by atoms with Crippen molar-refractivity contribution in [2.75, 3.05) is 12.3 Å². The van der Waals surface area contributed by atoms with Crippen molar-refractivity contribution >= 4 is 23.7 Å². The maximum atomic E-state index is 11.5. The van der Waals surface area contributed by atoms with Crippen molar-refractivity contribution in [1.29, 1.82) is 0 Å². The van der Waals surface area contributed by atoms with Gasteiger partial charge in [0.2, 0.25) is 0 Å². The van der Waals surface area contributed by atoms with Gasteiger partial charge < -0.3 is 41.1 Å². The molecule has 1 saturated heterocycles. The Balaban J connectivity index is 0. The highest BCUT2D eigenvalue weighted by Crippen LogP contribution is 2.22. The van der Waals surface area contributed by atoms with Gasteiger partial charge in [-0.1, -0.05) is 0 Å². The fourth-order valence-corrected chi connectivity index (χ4v) is 1.66. The lowest BCUT2D eigenvalue weighted by Crippen LogP contribution is -2.52. The molecule has 1 aliphatic rings. The SMILES string of the molecule is CC(=O)O.CC(=O)O.CC(=O)O.Nc1ccn([C@H]2OC[C@H](O)[C@H](O)[C@@H]2O)c(=O)n1. The summed E-state index contributed by atoms with van der Waals surface area (Å²) in [6.07, 6.45) is -3.75. The van der Waals surface area contributed by atoms with Crippen LogP contribution in [0, 0.1) is 0 Å². The number of aliphatic hydroxyl groups is 3. The van der Waals surface area contributed by atoms with E-state index in [1.165, 1.54) is 12.3 Å². The molecular formula is C15H25N3O11. The van der Waals surface area contributed by atoms with Crippen molar-refractivity contribution in [2.45, 2.75) is 45.3 Å². The van der Waals surface area contributed by atoms with Gasteiger partial charge in [-0.15, -0.1) is 0 Å². The van der Waals surface area contributed by atoms with Crippen LogP contribution in [0.3, 0.4) is 0 Å². The summed E-state index contributed by atoms with van der Waals surface area (Å²) in [4.78, 5) is 42.0. The molecule has 1 fully saturated rings. The average molecular weight is 423 g/mol. The number of ether oxygens (including phenoxy) is 1. The second-order valence-corrected chi connectivity index (χ2v) is 5.37. The van der Waals surface area contributed by atoms with Crippen molar-refractivity contribution in [3.05, 3.63) is 22.7 Å². The van der Waals surface area contributed by atoms with Gasteiger partial charge in [0, 0.05) is 27.0 Å². The first-order valence-electron chi connectivity index (χ1n) is 7.79. The molecular weight excluding hydrogens is 398 g/mol. The van der Waals surface area contributed by atoms with E-state index in [0.717, 1.165) is 25.3 Å². The Hall–Kier alpha value is -3.07.